The Hall–Kier alpha value is -0.610. The van der Waals surface area contributed by atoms with Crippen LogP contribution >= 0.6 is 0 Å². The van der Waals surface area contributed by atoms with Gasteiger partial charge in [0.15, 0.2) is 0 Å². The molecular weight excluding hydrogens is 194 g/mol. The first-order valence-corrected chi connectivity index (χ1v) is 5.55. The van der Waals surface area contributed by atoms with Gasteiger partial charge in [0.25, 0.3) is 0 Å². The van der Waals surface area contributed by atoms with E-state index in [1.165, 1.54) is 6.92 Å². The molecule has 0 aliphatic heterocycles. The Kier molecular flexibility index (Phi) is 8.33. The summed E-state index contributed by atoms with van der Waals surface area (Å²) in [7, 11) is 0. The lowest BCUT2D eigenvalue weighted by molar-refractivity contribution is -0.122. The summed E-state index contributed by atoms with van der Waals surface area (Å²) in [6.45, 7) is 7.13. The summed E-state index contributed by atoms with van der Waals surface area (Å²) in [5.41, 5.74) is 0. The van der Waals surface area contributed by atoms with Gasteiger partial charge in [-0.1, -0.05) is 13.8 Å². The van der Waals surface area contributed by atoms with E-state index >= 15 is 0 Å². The van der Waals surface area contributed by atoms with E-state index in [0.717, 1.165) is 26.1 Å². The number of aliphatic hydroxyl groups excluding tert-OH is 1. The number of hydrogen-bond acceptors (Lipinski definition) is 3. The highest BCUT2D eigenvalue weighted by Gasteiger charge is 2.03. The molecule has 4 nitrogen and oxygen atoms in total. The summed E-state index contributed by atoms with van der Waals surface area (Å²) in [4.78, 5) is 10.6. The van der Waals surface area contributed by atoms with Gasteiger partial charge in [0.2, 0.25) is 5.91 Å². The molecule has 0 aromatic rings. The molecule has 1 amide bonds. The lowest BCUT2D eigenvalue weighted by Crippen LogP contribution is -2.32. The minimum Gasteiger partial charge on any atom is -0.381 e. The number of aliphatic hydroxyl groups is 1. The normalized spacial score (nSPS) is 12.9. The molecule has 0 spiro atoms. The molecule has 0 saturated heterocycles. The van der Waals surface area contributed by atoms with Crippen molar-refractivity contribution in [3.63, 3.8) is 0 Å². The van der Waals surface area contributed by atoms with Crippen molar-refractivity contribution < 1.29 is 14.6 Å². The molecule has 0 rings (SSSR count). The molecule has 0 aromatic carbocycles. The highest BCUT2D eigenvalue weighted by atomic mass is 16.5. The van der Waals surface area contributed by atoms with E-state index in [1.54, 1.807) is 0 Å². The van der Waals surface area contributed by atoms with Crippen LogP contribution in [0.1, 0.15) is 40.0 Å². The number of nitrogens with one attached hydrogen (secondary N) is 1. The number of amides is 1. The predicted molar refractivity (Wildman–Crippen MR) is 59.3 cm³/mol. The van der Waals surface area contributed by atoms with Crippen LogP contribution in [-0.4, -0.2) is 30.5 Å². The summed E-state index contributed by atoms with van der Waals surface area (Å²) in [6.07, 6.45) is 1.65. The van der Waals surface area contributed by atoms with Crippen LogP contribution < -0.4 is 5.32 Å². The second kappa shape index (κ2) is 8.68. The van der Waals surface area contributed by atoms with E-state index < -0.39 is 6.23 Å². The number of carbonyl (C=O) groups is 1. The van der Waals surface area contributed by atoms with E-state index in [1.807, 2.05) is 0 Å². The molecule has 0 aromatic heterocycles. The third kappa shape index (κ3) is 11.3. The largest absolute Gasteiger partial charge is 0.381 e. The number of rotatable bonds is 8. The molecule has 0 bridgehead atoms. The van der Waals surface area contributed by atoms with Gasteiger partial charge in [0.1, 0.15) is 6.23 Å². The molecule has 1 unspecified atom stereocenters. The predicted octanol–water partition coefficient (Wildman–Crippen LogP) is 1.28. The van der Waals surface area contributed by atoms with Crippen molar-refractivity contribution in [2.24, 2.45) is 5.92 Å². The fourth-order valence-corrected chi connectivity index (χ4v) is 1.17. The minimum atomic E-state index is -0.715. The SMILES string of the molecule is CC(=O)NC(O)CCCCOCC(C)C. The summed E-state index contributed by atoms with van der Waals surface area (Å²) < 4.78 is 5.39. The van der Waals surface area contributed by atoms with Gasteiger partial charge in [-0.3, -0.25) is 4.79 Å². The number of carbonyl (C=O) groups excluding carboxylic acids is 1. The maximum atomic E-state index is 10.6. The topological polar surface area (TPSA) is 58.6 Å². The second-order valence-corrected chi connectivity index (χ2v) is 4.18. The molecule has 0 saturated carbocycles. The third-order valence-electron chi connectivity index (χ3n) is 1.84. The lowest BCUT2D eigenvalue weighted by Gasteiger charge is -2.11. The maximum Gasteiger partial charge on any atom is 0.218 e. The monoisotopic (exact) mass is 217 g/mol. The first kappa shape index (κ1) is 14.4. The van der Waals surface area contributed by atoms with Crippen molar-refractivity contribution in [2.45, 2.75) is 46.3 Å². The molecule has 1 atom stereocenters. The second-order valence-electron chi connectivity index (χ2n) is 4.18. The van der Waals surface area contributed by atoms with Crippen molar-refractivity contribution in [1.29, 1.82) is 0 Å². The fraction of sp³-hybridized carbons (Fsp3) is 0.909. The first-order valence-electron chi connectivity index (χ1n) is 5.55. The van der Waals surface area contributed by atoms with E-state index in [-0.39, 0.29) is 5.91 Å². The van der Waals surface area contributed by atoms with Crippen LogP contribution in [-0.2, 0) is 9.53 Å². The summed E-state index contributed by atoms with van der Waals surface area (Å²) in [5, 5.41) is 11.7. The molecule has 0 radical (unpaired) electrons. The van der Waals surface area contributed by atoms with Crippen LogP contribution in [0.15, 0.2) is 0 Å². The molecule has 0 aliphatic rings. The Balaban J connectivity index is 3.20. The van der Waals surface area contributed by atoms with Gasteiger partial charge in [-0.2, -0.15) is 0 Å². The summed E-state index contributed by atoms with van der Waals surface area (Å²) >= 11 is 0. The quantitative estimate of drug-likeness (QED) is 0.475. The average Bonchev–Trinajstić information content (AvgIpc) is 2.09. The maximum absolute atomic E-state index is 10.6. The van der Waals surface area contributed by atoms with Gasteiger partial charge in [-0.15, -0.1) is 0 Å². The Labute approximate surface area is 92.0 Å². The fourth-order valence-electron chi connectivity index (χ4n) is 1.17. The van der Waals surface area contributed by atoms with Gasteiger partial charge in [0, 0.05) is 20.1 Å². The summed E-state index contributed by atoms with van der Waals surface area (Å²) in [6, 6.07) is 0. The van der Waals surface area contributed by atoms with Crippen LogP contribution in [0.25, 0.3) is 0 Å². The molecule has 0 aliphatic carbocycles. The van der Waals surface area contributed by atoms with Gasteiger partial charge in [0.05, 0.1) is 0 Å². The first-order chi connectivity index (χ1) is 7.02. The van der Waals surface area contributed by atoms with Crippen LogP contribution in [0, 0.1) is 5.92 Å². The zero-order chi connectivity index (χ0) is 11.7. The number of hydrogen-bond donors (Lipinski definition) is 2. The van der Waals surface area contributed by atoms with Crippen molar-refractivity contribution in [2.75, 3.05) is 13.2 Å². The van der Waals surface area contributed by atoms with Gasteiger partial charge < -0.3 is 15.2 Å². The van der Waals surface area contributed by atoms with E-state index in [0.29, 0.717) is 12.3 Å². The number of ether oxygens (including phenoxy) is 1. The molecule has 90 valence electrons. The molecule has 15 heavy (non-hydrogen) atoms. The Morgan fingerprint density at radius 3 is 2.60 bits per heavy atom. The van der Waals surface area contributed by atoms with E-state index in [4.69, 9.17) is 4.74 Å². The molecule has 0 heterocycles. The van der Waals surface area contributed by atoms with Crippen LogP contribution in [0.4, 0.5) is 0 Å². The highest BCUT2D eigenvalue weighted by Crippen LogP contribution is 2.00. The molecule has 2 N–H and O–H groups in total. The Morgan fingerprint density at radius 1 is 1.40 bits per heavy atom. The zero-order valence-corrected chi connectivity index (χ0v) is 9.95. The van der Waals surface area contributed by atoms with Crippen molar-refractivity contribution in [3.8, 4) is 0 Å². The number of unbranched alkanes of at least 4 members (excludes halogenated alkanes) is 1. The Bertz CT molecular complexity index is 171. The van der Waals surface area contributed by atoms with Crippen molar-refractivity contribution in [3.05, 3.63) is 0 Å². The highest BCUT2D eigenvalue weighted by molar-refractivity contribution is 5.72. The van der Waals surface area contributed by atoms with E-state index in [2.05, 4.69) is 19.2 Å². The minimum absolute atomic E-state index is 0.196. The molecular formula is C11H23NO3. The third-order valence-corrected chi connectivity index (χ3v) is 1.84. The molecule has 0 fully saturated rings. The molecule has 4 heteroatoms. The Morgan fingerprint density at radius 2 is 2.07 bits per heavy atom. The van der Waals surface area contributed by atoms with E-state index in [9.17, 15) is 9.90 Å². The van der Waals surface area contributed by atoms with Gasteiger partial charge >= 0.3 is 0 Å². The van der Waals surface area contributed by atoms with Crippen molar-refractivity contribution in [1.82, 2.24) is 5.32 Å². The van der Waals surface area contributed by atoms with Crippen LogP contribution in [0.5, 0.6) is 0 Å². The lowest BCUT2D eigenvalue weighted by atomic mass is 10.2. The smallest absolute Gasteiger partial charge is 0.218 e. The van der Waals surface area contributed by atoms with Gasteiger partial charge in [-0.05, 0) is 25.2 Å². The van der Waals surface area contributed by atoms with Gasteiger partial charge in [-0.25, -0.2) is 0 Å². The van der Waals surface area contributed by atoms with Crippen LogP contribution in [0.3, 0.4) is 0 Å². The average molecular weight is 217 g/mol. The summed E-state index contributed by atoms with van der Waals surface area (Å²) in [5.74, 6) is 0.369. The zero-order valence-electron chi connectivity index (χ0n) is 9.95. The van der Waals surface area contributed by atoms with Crippen LogP contribution in [0.2, 0.25) is 0 Å². The standard InChI is InChI=1S/C11H23NO3/c1-9(2)8-15-7-5-4-6-11(14)12-10(3)13/h9,11,14H,4-8H2,1-3H3,(H,12,13). The van der Waals surface area contributed by atoms with Crippen molar-refractivity contribution >= 4 is 5.91 Å².